The molecule has 1 unspecified atom stereocenters. The first-order chi connectivity index (χ1) is 11.8. The van der Waals surface area contributed by atoms with Crippen molar-refractivity contribution in [1.82, 2.24) is 10.2 Å². The second-order valence-electron chi connectivity index (χ2n) is 4.79. The van der Waals surface area contributed by atoms with Crippen LogP contribution in [-0.4, -0.2) is 39.1 Å². The van der Waals surface area contributed by atoms with Gasteiger partial charge in [0.15, 0.2) is 0 Å². The fraction of sp³-hybridized carbons (Fsp3) is 0.214. The van der Waals surface area contributed by atoms with Crippen LogP contribution in [0.4, 0.5) is 15.3 Å². The number of hydrogen-bond acceptors (Lipinski definition) is 7. The third kappa shape index (κ3) is 3.87. The second-order valence-corrected chi connectivity index (χ2v) is 5.97. The molecule has 1 atom stereocenters. The molecule has 3 amide bonds. The SMILES string of the molecule is COC(=O)C1=C(C)NC(=O)N(C(=O)Oc2ccc([N+](=O)[O-])cc2)C1I. The predicted molar refractivity (Wildman–Crippen MR) is 92.0 cm³/mol. The van der Waals surface area contributed by atoms with Gasteiger partial charge in [0.2, 0.25) is 0 Å². The van der Waals surface area contributed by atoms with Gasteiger partial charge in [-0.2, -0.15) is 0 Å². The number of allylic oxidation sites excluding steroid dienone is 1. The fourth-order valence-corrected chi connectivity index (χ4v) is 3.22. The van der Waals surface area contributed by atoms with Crippen molar-refractivity contribution >= 4 is 46.4 Å². The molecule has 0 bridgehead atoms. The summed E-state index contributed by atoms with van der Waals surface area (Å²) in [4.78, 5) is 47.0. The number of nitrogens with zero attached hydrogens (tertiary/aromatic N) is 2. The average Bonchev–Trinajstić information content (AvgIpc) is 2.54. The molecule has 1 aliphatic rings. The summed E-state index contributed by atoms with van der Waals surface area (Å²) in [7, 11) is 1.18. The number of ether oxygens (including phenoxy) is 2. The molecule has 0 spiro atoms. The maximum atomic E-state index is 12.3. The number of hydrogen-bond donors (Lipinski definition) is 1. The zero-order valence-electron chi connectivity index (χ0n) is 13.0. The lowest BCUT2D eigenvalue weighted by molar-refractivity contribution is -0.384. The Labute approximate surface area is 155 Å². The van der Waals surface area contributed by atoms with E-state index in [0.717, 1.165) is 12.1 Å². The lowest BCUT2D eigenvalue weighted by Gasteiger charge is -2.31. The Balaban J connectivity index is 2.22. The van der Waals surface area contributed by atoms with Crippen LogP contribution in [0.15, 0.2) is 35.5 Å². The number of carbonyl (C=O) groups is 3. The van der Waals surface area contributed by atoms with E-state index in [2.05, 4.69) is 10.1 Å². The second kappa shape index (κ2) is 7.46. The summed E-state index contributed by atoms with van der Waals surface area (Å²) in [5.41, 5.74) is 0.202. The first-order valence-electron chi connectivity index (χ1n) is 6.76. The van der Waals surface area contributed by atoms with E-state index in [-0.39, 0.29) is 22.7 Å². The molecule has 132 valence electrons. The number of nitrogens with one attached hydrogen (secondary N) is 1. The lowest BCUT2D eigenvalue weighted by Crippen LogP contribution is -2.54. The van der Waals surface area contributed by atoms with E-state index in [1.54, 1.807) is 22.6 Å². The summed E-state index contributed by atoms with van der Waals surface area (Å²) < 4.78 is 8.76. The topological polar surface area (TPSA) is 128 Å². The van der Waals surface area contributed by atoms with Crippen molar-refractivity contribution in [2.24, 2.45) is 0 Å². The number of rotatable bonds is 3. The summed E-state index contributed by atoms with van der Waals surface area (Å²) in [5.74, 6) is -0.678. The van der Waals surface area contributed by atoms with Gasteiger partial charge in [-0.15, -0.1) is 0 Å². The van der Waals surface area contributed by atoms with Crippen LogP contribution in [0.5, 0.6) is 5.75 Å². The molecule has 0 aromatic heterocycles. The zero-order valence-corrected chi connectivity index (χ0v) is 15.2. The van der Waals surface area contributed by atoms with Crippen LogP contribution < -0.4 is 10.1 Å². The highest BCUT2D eigenvalue weighted by atomic mass is 127. The molecule has 1 heterocycles. The Hall–Kier alpha value is -2.70. The zero-order chi connectivity index (χ0) is 18.7. The molecule has 25 heavy (non-hydrogen) atoms. The van der Waals surface area contributed by atoms with Gasteiger partial charge in [-0.3, -0.25) is 10.1 Å². The number of alkyl halides is 1. The van der Waals surface area contributed by atoms with Crippen molar-refractivity contribution in [3.63, 3.8) is 0 Å². The number of non-ortho nitro benzene ring substituents is 1. The first-order valence-corrected chi connectivity index (χ1v) is 8.00. The Bertz CT molecular complexity index is 775. The van der Waals surface area contributed by atoms with E-state index in [4.69, 9.17) is 4.74 Å². The molecule has 1 N–H and O–H groups in total. The van der Waals surface area contributed by atoms with Gasteiger partial charge >= 0.3 is 18.1 Å². The molecule has 0 aliphatic carbocycles. The number of nitro groups is 1. The smallest absolute Gasteiger partial charge is 0.424 e. The van der Waals surface area contributed by atoms with Crippen LogP contribution in [0.1, 0.15) is 6.92 Å². The van der Waals surface area contributed by atoms with Crippen molar-refractivity contribution in [2.45, 2.75) is 11.0 Å². The third-order valence-electron chi connectivity index (χ3n) is 3.24. The molecular formula is C14H12IN3O7. The standard InChI is InChI=1S/C14H12IN3O7/c1-7-10(12(19)24-2)11(15)17(13(20)16-7)14(21)25-9-5-3-8(4-6-9)18(22)23/h3-6,11H,1-2H3,(H,16,20). The first kappa shape index (κ1) is 18.6. The largest absolute Gasteiger partial charge is 0.466 e. The highest BCUT2D eigenvalue weighted by Gasteiger charge is 2.40. The normalized spacial score (nSPS) is 17.0. The van der Waals surface area contributed by atoms with Crippen molar-refractivity contribution in [2.75, 3.05) is 7.11 Å². The molecule has 0 saturated carbocycles. The Morgan fingerprint density at radius 2 is 1.92 bits per heavy atom. The average molecular weight is 461 g/mol. The number of imide groups is 1. The lowest BCUT2D eigenvalue weighted by atomic mass is 10.1. The van der Waals surface area contributed by atoms with Crippen LogP contribution in [0, 0.1) is 10.1 Å². The predicted octanol–water partition coefficient (Wildman–Crippen LogP) is 2.33. The number of halogens is 1. The number of urea groups is 1. The van der Waals surface area contributed by atoms with Crippen LogP contribution >= 0.6 is 22.6 Å². The Morgan fingerprint density at radius 1 is 1.32 bits per heavy atom. The molecule has 11 heteroatoms. The summed E-state index contributed by atoms with van der Waals surface area (Å²) >= 11 is 1.74. The minimum atomic E-state index is -1.04. The van der Waals surface area contributed by atoms with Gasteiger partial charge in [0.05, 0.1) is 17.6 Å². The van der Waals surface area contributed by atoms with Crippen molar-refractivity contribution < 1.29 is 28.8 Å². The molecule has 1 aliphatic heterocycles. The fourth-order valence-electron chi connectivity index (χ4n) is 2.02. The van der Waals surface area contributed by atoms with Gasteiger partial charge in [-0.05, 0) is 19.1 Å². The van der Waals surface area contributed by atoms with Gasteiger partial charge in [0.1, 0.15) is 9.80 Å². The molecule has 1 aromatic carbocycles. The van der Waals surface area contributed by atoms with Crippen LogP contribution in [0.25, 0.3) is 0 Å². The van der Waals surface area contributed by atoms with E-state index >= 15 is 0 Å². The molecule has 0 saturated heterocycles. The van der Waals surface area contributed by atoms with E-state index < -0.39 is 27.1 Å². The molecule has 2 rings (SSSR count). The number of benzene rings is 1. The van der Waals surface area contributed by atoms with Gasteiger partial charge in [0.25, 0.3) is 5.69 Å². The van der Waals surface area contributed by atoms with Gasteiger partial charge in [-0.25, -0.2) is 19.3 Å². The summed E-state index contributed by atoms with van der Waals surface area (Å²) in [5, 5.41) is 13.0. The molecule has 0 fully saturated rings. The Kier molecular flexibility index (Phi) is 5.56. The number of carbonyl (C=O) groups excluding carboxylic acids is 3. The van der Waals surface area contributed by atoms with Gasteiger partial charge in [0, 0.05) is 17.8 Å². The van der Waals surface area contributed by atoms with Crippen LogP contribution in [0.2, 0.25) is 0 Å². The van der Waals surface area contributed by atoms with Crippen molar-refractivity contribution in [3.05, 3.63) is 45.6 Å². The van der Waals surface area contributed by atoms with E-state index in [1.165, 1.54) is 26.2 Å². The summed E-state index contributed by atoms with van der Waals surface area (Å²) in [6.07, 6.45) is -1.04. The quantitative estimate of drug-likeness (QED) is 0.183. The van der Waals surface area contributed by atoms with Crippen molar-refractivity contribution in [3.8, 4) is 5.75 Å². The van der Waals surface area contributed by atoms with E-state index in [9.17, 15) is 24.5 Å². The number of esters is 1. The minimum absolute atomic E-state index is 0.0119. The van der Waals surface area contributed by atoms with Crippen LogP contribution in [0.3, 0.4) is 0 Å². The van der Waals surface area contributed by atoms with Gasteiger partial charge < -0.3 is 14.8 Å². The maximum absolute atomic E-state index is 12.3. The van der Waals surface area contributed by atoms with Gasteiger partial charge in [-0.1, -0.05) is 22.6 Å². The highest BCUT2D eigenvalue weighted by molar-refractivity contribution is 14.1. The Morgan fingerprint density at radius 3 is 2.44 bits per heavy atom. The summed E-state index contributed by atoms with van der Waals surface area (Å²) in [6.45, 7) is 1.51. The summed E-state index contributed by atoms with van der Waals surface area (Å²) in [6, 6.07) is 4.00. The van der Waals surface area contributed by atoms with Crippen LogP contribution in [-0.2, 0) is 9.53 Å². The van der Waals surface area contributed by atoms with E-state index in [1.807, 2.05) is 0 Å². The molecular weight excluding hydrogens is 449 g/mol. The number of methoxy groups -OCH3 is 1. The number of nitro benzene ring substituents is 1. The van der Waals surface area contributed by atoms with Crippen molar-refractivity contribution in [1.29, 1.82) is 0 Å². The number of amides is 3. The monoisotopic (exact) mass is 461 g/mol. The maximum Gasteiger partial charge on any atom is 0.424 e. The minimum Gasteiger partial charge on any atom is -0.466 e. The molecule has 1 aromatic rings. The third-order valence-corrected chi connectivity index (χ3v) is 4.42. The van der Waals surface area contributed by atoms with E-state index in [0.29, 0.717) is 4.90 Å². The molecule has 10 nitrogen and oxygen atoms in total. The molecule has 0 radical (unpaired) electrons. The highest BCUT2D eigenvalue weighted by Crippen LogP contribution is 2.27.